The molecule has 2 aromatic carbocycles. The van der Waals surface area contributed by atoms with Crippen molar-refractivity contribution in [3.8, 4) is 11.4 Å². The predicted octanol–water partition coefficient (Wildman–Crippen LogP) is 2.20. The van der Waals surface area contributed by atoms with E-state index in [4.69, 9.17) is 9.47 Å². The third-order valence-electron chi connectivity index (χ3n) is 5.42. The minimum atomic E-state index is -4.24. The van der Waals surface area contributed by atoms with Gasteiger partial charge in [0.05, 0.1) is 36.8 Å². The Labute approximate surface area is 195 Å². The molecule has 1 aliphatic rings. The third-order valence-corrected chi connectivity index (χ3v) is 6.80. The molecule has 34 heavy (non-hydrogen) atoms. The van der Waals surface area contributed by atoms with Gasteiger partial charge in [-0.3, -0.25) is 4.72 Å². The summed E-state index contributed by atoms with van der Waals surface area (Å²) < 4.78 is 54.9. The fraction of sp³-hybridized carbons (Fsp3) is 0.333. The number of halogens is 1. The second-order valence-electron chi connectivity index (χ2n) is 7.60. The van der Waals surface area contributed by atoms with Crippen molar-refractivity contribution in [2.45, 2.75) is 23.9 Å². The first-order valence-corrected chi connectivity index (χ1v) is 11.9. The van der Waals surface area contributed by atoms with Gasteiger partial charge in [-0.25, -0.2) is 22.3 Å². The Balaban J connectivity index is 1.78. The van der Waals surface area contributed by atoms with Crippen molar-refractivity contribution in [2.24, 2.45) is 0 Å². The molecule has 11 nitrogen and oxygen atoms in total. The van der Waals surface area contributed by atoms with Crippen molar-refractivity contribution in [3.63, 3.8) is 0 Å². The van der Waals surface area contributed by atoms with Crippen LogP contribution in [0.5, 0.6) is 5.75 Å². The molecule has 4 rings (SSSR count). The molecule has 1 saturated heterocycles. The monoisotopic (exact) mass is 490 g/mol. The number of carbonyl (C=O) groups is 1. The molecule has 13 heteroatoms. The number of piperidine rings is 1. The number of carbonyl (C=O) groups excluding carboxylic acids is 1. The summed E-state index contributed by atoms with van der Waals surface area (Å²) >= 11 is 0. The Morgan fingerprint density at radius 2 is 2.03 bits per heavy atom. The van der Waals surface area contributed by atoms with Gasteiger partial charge < -0.3 is 14.4 Å². The zero-order chi connectivity index (χ0) is 24.3. The summed E-state index contributed by atoms with van der Waals surface area (Å²) in [4.78, 5) is 13.5. The van der Waals surface area contributed by atoms with E-state index in [0.29, 0.717) is 30.8 Å². The number of nitrogens with one attached hydrogen (secondary N) is 1. The van der Waals surface area contributed by atoms with E-state index >= 15 is 0 Å². The smallest absolute Gasteiger partial charge is 0.337 e. The van der Waals surface area contributed by atoms with E-state index in [2.05, 4.69) is 20.2 Å². The van der Waals surface area contributed by atoms with Crippen LogP contribution in [0, 0.1) is 0 Å². The molecule has 2 heterocycles. The molecule has 3 aromatic rings. The van der Waals surface area contributed by atoms with Crippen LogP contribution < -0.4 is 14.4 Å². The molecule has 0 bridgehead atoms. The number of hydrogen-bond acceptors (Lipinski definition) is 9. The molecule has 0 saturated carbocycles. The molecule has 1 unspecified atom stereocenters. The number of methoxy groups -OCH3 is 2. The van der Waals surface area contributed by atoms with Crippen molar-refractivity contribution in [1.82, 2.24) is 20.2 Å². The Bertz CT molecular complexity index is 1280. The van der Waals surface area contributed by atoms with Crippen molar-refractivity contribution in [1.29, 1.82) is 0 Å². The summed E-state index contributed by atoms with van der Waals surface area (Å²) in [7, 11) is -1.72. The van der Waals surface area contributed by atoms with E-state index in [1.807, 2.05) is 0 Å². The van der Waals surface area contributed by atoms with E-state index in [0.717, 1.165) is 0 Å². The Morgan fingerprint density at radius 1 is 1.21 bits per heavy atom. The van der Waals surface area contributed by atoms with Crippen LogP contribution in [0.25, 0.3) is 5.69 Å². The van der Waals surface area contributed by atoms with Crippen molar-refractivity contribution >= 4 is 27.4 Å². The summed E-state index contributed by atoms with van der Waals surface area (Å²) in [5, 5.41) is 11.0. The lowest BCUT2D eigenvalue weighted by Crippen LogP contribution is -2.37. The van der Waals surface area contributed by atoms with Gasteiger partial charge in [-0.1, -0.05) is 0 Å². The van der Waals surface area contributed by atoms with Gasteiger partial charge in [0, 0.05) is 13.1 Å². The van der Waals surface area contributed by atoms with Gasteiger partial charge in [-0.05, 0) is 59.7 Å². The molecule has 1 fully saturated rings. The molecular weight excluding hydrogens is 467 g/mol. The number of ether oxygens (including phenoxy) is 2. The molecule has 1 aliphatic heterocycles. The summed E-state index contributed by atoms with van der Waals surface area (Å²) in [6, 6.07) is 8.91. The number of tetrazole rings is 1. The van der Waals surface area contributed by atoms with Gasteiger partial charge in [-0.15, -0.1) is 5.10 Å². The first-order valence-electron chi connectivity index (χ1n) is 10.4. The molecule has 0 radical (unpaired) electrons. The van der Waals surface area contributed by atoms with Crippen LogP contribution in [0.1, 0.15) is 23.2 Å². The van der Waals surface area contributed by atoms with E-state index in [1.54, 1.807) is 23.1 Å². The molecule has 0 aliphatic carbocycles. The maximum absolute atomic E-state index is 14.1. The first kappa shape index (κ1) is 23.4. The molecule has 180 valence electrons. The highest BCUT2D eigenvalue weighted by atomic mass is 32.2. The Kier molecular flexibility index (Phi) is 6.63. The zero-order valence-electron chi connectivity index (χ0n) is 18.5. The number of aromatic nitrogens is 4. The highest BCUT2D eigenvalue weighted by molar-refractivity contribution is 7.92. The lowest BCUT2D eigenvalue weighted by atomic mass is 10.1. The second-order valence-corrected chi connectivity index (χ2v) is 9.25. The number of sulfonamides is 1. The maximum atomic E-state index is 14.1. The standard InChI is InChI=1S/C21H23FN6O5S/c1-32-19-8-5-14(21(29)33-2)10-20(19)34(30,31)24-17-11-16(28-13-23-25-26-28)6-7-18(17)27-9-3-4-15(22)12-27/h5-8,10-11,13,15,24H,3-4,9,12H2,1-2H3. The maximum Gasteiger partial charge on any atom is 0.337 e. The van der Waals surface area contributed by atoms with Gasteiger partial charge in [-0.2, -0.15) is 0 Å². The third kappa shape index (κ3) is 4.78. The number of esters is 1. The van der Waals surface area contributed by atoms with E-state index in [1.165, 1.54) is 43.4 Å². The largest absolute Gasteiger partial charge is 0.495 e. The van der Waals surface area contributed by atoms with E-state index < -0.39 is 22.2 Å². The normalized spacial score (nSPS) is 16.2. The fourth-order valence-electron chi connectivity index (χ4n) is 3.78. The summed E-state index contributed by atoms with van der Waals surface area (Å²) in [5.74, 6) is -0.650. The zero-order valence-corrected chi connectivity index (χ0v) is 19.3. The molecular formula is C21H23FN6O5S. The Hall–Kier alpha value is -3.74. The van der Waals surface area contributed by atoms with Gasteiger partial charge in [0.25, 0.3) is 10.0 Å². The van der Waals surface area contributed by atoms with Crippen molar-refractivity contribution in [3.05, 3.63) is 48.3 Å². The van der Waals surface area contributed by atoms with Crippen LogP contribution in [-0.2, 0) is 14.8 Å². The summed E-state index contributed by atoms with van der Waals surface area (Å²) in [6.45, 7) is 0.709. The topological polar surface area (TPSA) is 129 Å². The van der Waals surface area contributed by atoms with Crippen LogP contribution in [0.2, 0.25) is 0 Å². The molecule has 0 spiro atoms. The number of nitrogens with zero attached hydrogens (tertiary/aromatic N) is 5. The van der Waals surface area contributed by atoms with Crippen LogP contribution in [0.4, 0.5) is 15.8 Å². The highest BCUT2D eigenvalue weighted by Gasteiger charge is 2.26. The molecule has 1 atom stereocenters. The number of benzene rings is 2. The SMILES string of the molecule is COC(=O)c1ccc(OC)c(S(=O)(=O)Nc2cc(-n3cnnn3)ccc2N2CCCC(F)C2)c1. The number of anilines is 2. The molecule has 0 amide bonds. The minimum absolute atomic E-state index is 0.0418. The van der Waals surface area contributed by atoms with Gasteiger partial charge in [0.2, 0.25) is 0 Å². The summed E-state index contributed by atoms with van der Waals surface area (Å²) in [6.07, 6.45) is 1.44. The lowest BCUT2D eigenvalue weighted by molar-refractivity contribution is 0.0600. The van der Waals surface area contributed by atoms with Crippen molar-refractivity contribution < 1.29 is 27.1 Å². The van der Waals surface area contributed by atoms with Crippen LogP contribution in [-0.4, -0.2) is 68.1 Å². The summed E-state index contributed by atoms with van der Waals surface area (Å²) in [5.41, 5.74) is 1.25. The average Bonchev–Trinajstić information content (AvgIpc) is 3.38. The minimum Gasteiger partial charge on any atom is -0.495 e. The Morgan fingerprint density at radius 3 is 2.71 bits per heavy atom. The van der Waals surface area contributed by atoms with Crippen LogP contribution in [0.3, 0.4) is 0 Å². The van der Waals surface area contributed by atoms with Gasteiger partial charge in [0.1, 0.15) is 23.1 Å². The quantitative estimate of drug-likeness (QED) is 0.496. The van der Waals surface area contributed by atoms with Gasteiger partial charge in [0.15, 0.2) is 0 Å². The van der Waals surface area contributed by atoms with Crippen LogP contribution >= 0.6 is 0 Å². The number of rotatable bonds is 7. The second kappa shape index (κ2) is 9.63. The number of alkyl halides is 1. The lowest BCUT2D eigenvalue weighted by Gasteiger charge is -2.32. The number of hydrogen-bond donors (Lipinski definition) is 1. The van der Waals surface area contributed by atoms with Gasteiger partial charge >= 0.3 is 5.97 Å². The van der Waals surface area contributed by atoms with Crippen molar-refractivity contribution in [2.75, 3.05) is 36.9 Å². The highest BCUT2D eigenvalue weighted by Crippen LogP contribution is 2.34. The van der Waals surface area contributed by atoms with E-state index in [9.17, 15) is 17.6 Å². The van der Waals surface area contributed by atoms with Crippen LogP contribution in [0.15, 0.2) is 47.6 Å². The first-order chi connectivity index (χ1) is 16.3. The predicted molar refractivity (Wildman–Crippen MR) is 121 cm³/mol. The van der Waals surface area contributed by atoms with E-state index in [-0.39, 0.29) is 28.4 Å². The average molecular weight is 491 g/mol. The molecule has 1 aromatic heterocycles. The fourth-order valence-corrected chi connectivity index (χ4v) is 5.04. The molecule has 1 N–H and O–H groups in total.